The standard InChI is InChI=1S/C11H20O2/c1-11(2,3)10(13)8-6-4-5-7-9(8)12/h8,10,13H,4-7H2,1-3H3/t8-,10-/m0/s1. The fourth-order valence-corrected chi connectivity index (χ4v) is 1.95. The normalized spacial score (nSPS) is 27.4. The number of aliphatic hydroxyl groups excluding tert-OH is 1. The van der Waals surface area contributed by atoms with E-state index in [1.165, 1.54) is 0 Å². The van der Waals surface area contributed by atoms with Crippen LogP contribution in [0.1, 0.15) is 46.5 Å². The Morgan fingerprint density at radius 2 is 2.00 bits per heavy atom. The topological polar surface area (TPSA) is 37.3 Å². The van der Waals surface area contributed by atoms with Crippen LogP contribution in [0.25, 0.3) is 0 Å². The summed E-state index contributed by atoms with van der Waals surface area (Å²) in [4.78, 5) is 11.5. The first kappa shape index (κ1) is 10.7. The number of hydrogen-bond donors (Lipinski definition) is 1. The first-order valence-corrected chi connectivity index (χ1v) is 5.13. The van der Waals surface area contributed by atoms with E-state index in [4.69, 9.17) is 0 Å². The third kappa shape index (κ3) is 2.53. The van der Waals surface area contributed by atoms with Gasteiger partial charge in [-0.05, 0) is 18.3 Å². The number of carbonyl (C=O) groups excluding carboxylic acids is 1. The Morgan fingerprint density at radius 1 is 1.38 bits per heavy atom. The lowest BCUT2D eigenvalue weighted by Crippen LogP contribution is -2.39. The molecule has 2 nitrogen and oxygen atoms in total. The molecule has 0 bridgehead atoms. The molecule has 1 rings (SSSR count). The van der Waals surface area contributed by atoms with E-state index in [1.807, 2.05) is 20.8 Å². The van der Waals surface area contributed by atoms with Gasteiger partial charge in [-0.25, -0.2) is 0 Å². The number of hydrogen-bond acceptors (Lipinski definition) is 2. The highest BCUT2D eigenvalue weighted by Gasteiger charge is 2.35. The fraction of sp³-hybridized carbons (Fsp3) is 0.909. The molecule has 2 heteroatoms. The van der Waals surface area contributed by atoms with Gasteiger partial charge < -0.3 is 5.11 Å². The molecule has 0 amide bonds. The predicted octanol–water partition coefficient (Wildman–Crippen LogP) is 2.15. The summed E-state index contributed by atoms with van der Waals surface area (Å²) in [7, 11) is 0. The molecular formula is C11H20O2. The number of ketones is 1. The Kier molecular flexibility index (Phi) is 3.12. The van der Waals surface area contributed by atoms with E-state index in [9.17, 15) is 9.90 Å². The smallest absolute Gasteiger partial charge is 0.138 e. The lowest BCUT2D eigenvalue weighted by Gasteiger charge is -2.34. The third-order valence-electron chi connectivity index (χ3n) is 2.87. The van der Waals surface area contributed by atoms with Crippen LogP contribution in [0.2, 0.25) is 0 Å². The summed E-state index contributed by atoms with van der Waals surface area (Å²) in [6, 6.07) is 0. The van der Waals surface area contributed by atoms with Crippen molar-refractivity contribution < 1.29 is 9.90 Å². The van der Waals surface area contributed by atoms with E-state index in [0.29, 0.717) is 6.42 Å². The number of aliphatic hydroxyl groups is 1. The van der Waals surface area contributed by atoms with Gasteiger partial charge >= 0.3 is 0 Å². The van der Waals surface area contributed by atoms with E-state index < -0.39 is 6.10 Å². The molecule has 0 aromatic rings. The second-order valence-electron chi connectivity index (χ2n) is 5.13. The van der Waals surface area contributed by atoms with E-state index in [1.54, 1.807) is 0 Å². The van der Waals surface area contributed by atoms with Gasteiger partial charge in [0.15, 0.2) is 0 Å². The monoisotopic (exact) mass is 184 g/mol. The Morgan fingerprint density at radius 3 is 2.46 bits per heavy atom. The van der Waals surface area contributed by atoms with Crippen molar-refractivity contribution in [1.29, 1.82) is 0 Å². The van der Waals surface area contributed by atoms with Gasteiger partial charge in [0.25, 0.3) is 0 Å². The fourth-order valence-electron chi connectivity index (χ4n) is 1.95. The van der Waals surface area contributed by atoms with Crippen LogP contribution in [-0.2, 0) is 4.79 Å². The van der Waals surface area contributed by atoms with Crippen LogP contribution in [0.4, 0.5) is 0 Å². The zero-order valence-electron chi connectivity index (χ0n) is 8.84. The minimum atomic E-state index is -0.472. The molecule has 1 N–H and O–H groups in total. The second-order valence-corrected chi connectivity index (χ2v) is 5.13. The summed E-state index contributed by atoms with van der Waals surface area (Å²) >= 11 is 0. The number of rotatable bonds is 1. The maximum absolute atomic E-state index is 11.5. The zero-order chi connectivity index (χ0) is 10.1. The molecular weight excluding hydrogens is 164 g/mol. The van der Waals surface area contributed by atoms with Crippen molar-refractivity contribution in [2.45, 2.75) is 52.6 Å². The van der Waals surface area contributed by atoms with E-state index in [0.717, 1.165) is 19.3 Å². The minimum absolute atomic E-state index is 0.103. The van der Waals surface area contributed by atoms with Crippen molar-refractivity contribution in [1.82, 2.24) is 0 Å². The molecule has 0 radical (unpaired) electrons. The zero-order valence-corrected chi connectivity index (χ0v) is 8.84. The first-order valence-electron chi connectivity index (χ1n) is 5.13. The van der Waals surface area contributed by atoms with Crippen molar-refractivity contribution >= 4 is 5.78 Å². The predicted molar refractivity (Wildman–Crippen MR) is 52.4 cm³/mol. The van der Waals surface area contributed by atoms with Gasteiger partial charge in [-0.1, -0.05) is 27.2 Å². The summed E-state index contributed by atoms with van der Waals surface area (Å²) in [5.74, 6) is 0.155. The van der Waals surface area contributed by atoms with Crippen molar-refractivity contribution in [2.75, 3.05) is 0 Å². The largest absolute Gasteiger partial charge is 0.392 e. The van der Waals surface area contributed by atoms with Gasteiger partial charge in [0.2, 0.25) is 0 Å². The summed E-state index contributed by atoms with van der Waals surface area (Å²) in [6.45, 7) is 5.96. The number of carbonyl (C=O) groups is 1. The van der Waals surface area contributed by atoms with E-state index in [2.05, 4.69) is 0 Å². The maximum Gasteiger partial charge on any atom is 0.138 e. The Hall–Kier alpha value is -0.370. The SMILES string of the molecule is CC(C)(C)[C@@H](O)[C@H]1CCCCC1=O. The van der Waals surface area contributed by atoms with Crippen LogP contribution in [0.15, 0.2) is 0 Å². The minimum Gasteiger partial charge on any atom is -0.392 e. The summed E-state index contributed by atoms with van der Waals surface area (Å²) in [5, 5.41) is 9.96. The lowest BCUT2D eigenvalue weighted by atomic mass is 9.74. The molecule has 0 saturated heterocycles. The quantitative estimate of drug-likeness (QED) is 0.678. The van der Waals surface area contributed by atoms with Gasteiger partial charge in [-0.2, -0.15) is 0 Å². The molecule has 0 heterocycles. The van der Waals surface area contributed by atoms with Gasteiger partial charge in [-0.3, -0.25) is 4.79 Å². The average molecular weight is 184 g/mol. The Bertz CT molecular complexity index is 191. The molecule has 0 unspecified atom stereocenters. The summed E-state index contributed by atoms with van der Waals surface area (Å²) in [6.07, 6.45) is 3.16. The van der Waals surface area contributed by atoms with Gasteiger partial charge in [-0.15, -0.1) is 0 Å². The summed E-state index contributed by atoms with van der Waals surface area (Å²) < 4.78 is 0. The van der Waals surface area contributed by atoms with Gasteiger partial charge in [0.05, 0.1) is 6.10 Å². The third-order valence-corrected chi connectivity index (χ3v) is 2.87. The second kappa shape index (κ2) is 3.79. The van der Waals surface area contributed by atoms with Crippen molar-refractivity contribution in [2.24, 2.45) is 11.3 Å². The maximum atomic E-state index is 11.5. The van der Waals surface area contributed by atoms with Crippen molar-refractivity contribution in [3.63, 3.8) is 0 Å². The van der Waals surface area contributed by atoms with Crippen molar-refractivity contribution in [3.05, 3.63) is 0 Å². The molecule has 1 fully saturated rings. The van der Waals surface area contributed by atoms with Crippen LogP contribution in [0.3, 0.4) is 0 Å². The van der Waals surface area contributed by atoms with Crippen LogP contribution in [0, 0.1) is 11.3 Å². The molecule has 0 aromatic carbocycles. The Balaban J connectivity index is 2.64. The van der Waals surface area contributed by atoms with Gasteiger partial charge in [0, 0.05) is 12.3 Å². The first-order chi connectivity index (χ1) is 5.93. The van der Waals surface area contributed by atoms with Crippen LogP contribution in [0.5, 0.6) is 0 Å². The van der Waals surface area contributed by atoms with Crippen LogP contribution in [-0.4, -0.2) is 17.0 Å². The molecule has 0 aromatic heterocycles. The average Bonchev–Trinajstić information content (AvgIpc) is 2.02. The molecule has 1 aliphatic carbocycles. The molecule has 76 valence electrons. The van der Waals surface area contributed by atoms with Crippen LogP contribution < -0.4 is 0 Å². The highest BCUT2D eigenvalue weighted by Crippen LogP contribution is 2.32. The molecule has 1 saturated carbocycles. The summed E-state index contributed by atoms with van der Waals surface area (Å²) in [5.41, 5.74) is -0.169. The Labute approximate surface area is 80.3 Å². The highest BCUT2D eigenvalue weighted by atomic mass is 16.3. The van der Waals surface area contributed by atoms with Gasteiger partial charge in [0.1, 0.15) is 5.78 Å². The van der Waals surface area contributed by atoms with Crippen LogP contribution >= 0.6 is 0 Å². The van der Waals surface area contributed by atoms with E-state index in [-0.39, 0.29) is 17.1 Å². The van der Waals surface area contributed by atoms with Crippen molar-refractivity contribution in [3.8, 4) is 0 Å². The van der Waals surface area contributed by atoms with E-state index >= 15 is 0 Å². The molecule has 0 aliphatic heterocycles. The number of Topliss-reactive ketones (excluding diaryl/α,β-unsaturated/α-hetero) is 1. The molecule has 0 spiro atoms. The lowest BCUT2D eigenvalue weighted by molar-refractivity contribution is -0.131. The molecule has 2 atom stereocenters. The molecule has 1 aliphatic rings. The highest BCUT2D eigenvalue weighted by molar-refractivity contribution is 5.82. The molecule has 13 heavy (non-hydrogen) atoms.